The lowest BCUT2D eigenvalue weighted by Gasteiger charge is -2.19. The van der Waals surface area contributed by atoms with Crippen molar-refractivity contribution in [3.05, 3.63) is 34.9 Å². The molecule has 2 heteroatoms. The van der Waals surface area contributed by atoms with Crippen molar-refractivity contribution in [3.8, 4) is 0 Å². The van der Waals surface area contributed by atoms with E-state index in [0.717, 1.165) is 26.2 Å². The summed E-state index contributed by atoms with van der Waals surface area (Å²) in [7, 11) is 0. The average Bonchev–Trinajstić information content (AvgIpc) is 2.37. The third-order valence-corrected chi connectivity index (χ3v) is 3.31. The Morgan fingerprint density at radius 3 is 2.56 bits per heavy atom. The zero-order valence-corrected chi connectivity index (χ0v) is 12.3. The number of unbranched alkanes of at least 4 members (excludes halogenated alkanes) is 1. The number of ether oxygens (including phenoxy) is 1. The molecule has 102 valence electrons. The van der Waals surface area contributed by atoms with Gasteiger partial charge in [-0.15, -0.1) is 0 Å². The van der Waals surface area contributed by atoms with Crippen LogP contribution in [0.1, 0.15) is 49.4 Å². The van der Waals surface area contributed by atoms with E-state index >= 15 is 0 Å². The zero-order chi connectivity index (χ0) is 13.4. The minimum Gasteiger partial charge on any atom is -0.379 e. The molecule has 0 saturated carbocycles. The normalized spacial score (nSPS) is 12.7. The highest BCUT2D eigenvalue weighted by atomic mass is 16.5. The van der Waals surface area contributed by atoms with Crippen LogP contribution in [-0.4, -0.2) is 19.8 Å². The van der Waals surface area contributed by atoms with Crippen LogP contribution in [0.4, 0.5) is 0 Å². The molecule has 0 aliphatic carbocycles. The summed E-state index contributed by atoms with van der Waals surface area (Å²) >= 11 is 0. The first kappa shape index (κ1) is 15.2. The van der Waals surface area contributed by atoms with E-state index in [1.54, 1.807) is 0 Å². The first-order chi connectivity index (χ1) is 8.69. The maximum absolute atomic E-state index is 5.75. The lowest BCUT2D eigenvalue weighted by Crippen LogP contribution is -2.25. The monoisotopic (exact) mass is 249 g/mol. The van der Waals surface area contributed by atoms with Crippen LogP contribution in [0.25, 0.3) is 0 Å². The van der Waals surface area contributed by atoms with Crippen molar-refractivity contribution >= 4 is 0 Å². The molecule has 2 nitrogen and oxygen atoms in total. The summed E-state index contributed by atoms with van der Waals surface area (Å²) in [6.45, 7) is 11.2. The average molecular weight is 249 g/mol. The molecule has 0 aliphatic rings. The smallest absolute Gasteiger partial charge is 0.0661 e. The Bertz CT molecular complexity index is 349. The Balaban J connectivity index is 2.61. The second-order valence-corrected chi connectivity index (χ2v) is 4.88. The minimum atomic E-state index is 0.311. The van der Waals surface area contributed by atoms with Crippen molar-refractivity contribution in [2.24, 2.45) is 0 Å². The van der Waals surface area contributed by atoms with E-state index in [1.165, 1.54) is 23.1 Å². The Hall–Kier alpha value is -0.860. The van der Waals surface area contributed by atoms with Gasteiger partial charge in [0.25, 0.3) is 0 Å². The van der Waals surface area contributed by atoms with E-state index in [0.29, 0.717) is 6.04 Å². The Labute approximate surface area is 112 Å². The third kappa shape index (κ3) is 4.79. The fraction of sp³-hybridized carbons (Fsp3) is 0.625. The molecular formula is C16H27NO. The number of rotatable bonds is 8. The van der Waals surface area contributed by atoms with Crippen LogP contribution < -0.4 is 5.32 Å². The van der Waals surface area contributed by atoms with Crippen LogP contribution in [0.3, 0.4) is 0 Å². The molecule has 0 heterocycles. The molecule has 0 spiro atoms. The van der Waals surface area contributed by atoms with Crippen LogP contribution in [-0.2, 0) is 4.74 Å². The molecule has 0 radical (unpaired) electrons. The van der Waals surface area contributed by atoms with Gasteiger partial charge in [0.2, 0.25) is 0 Å². The summed E-state index contributed by atoms with van der Waals surface area (Å²) in [5.41, 5.74) is 4.03. The second kappa shape index (κ2) is 8.28. The van der Waals surface area contributed by atoms with Gasteiger partial charge in [0.05, 0.1) is 12.6 Å². The minimum absolute atomic E-state index is 0.311. The molecule has 0 amide bonds. The molecule has 18 heavy (non-hydrogen) atoms. The van der Waals surface area contributed by atoms with Crippen molar-refractivity contribution in [1.29, 1.82) is 0 Å². The number of benzene rings is 1. The van der Waals surface area contributed by atoms with Gasteiger partial charge in [-0.3, -0.25) is 0 Å². The summed E-state index contributed by atoms with van der Waals surface area (Å²) < 4.78 is 5.75. The molecule has 1 rings (SSSR count). The van der Waals surface area contributed by atoms with Crippen molar-refractivity contribution in [2.75, 3.05) is 19.8 Å². The fourth-order valence-electron chi connectivity index (χ4n) is 1.95. The second-order valence-electron chi connectivity index (χ2n) is 4.88. The fourth-order valence-corrected chi connectivity index (χ4v) is 1.95. The summed E-state index contributed by atoms with van der Waals surface area (Å²) in [5, 5.41) is 3.50. The van der Waals surface area contributed by atoms with Crippen molar-refractivity contribution in [2.45, 2.75) is 46.6 Å². The van der Waals surface area contributed by atoms with Crippen LogP contribution in [0.2, 0.25) is 0 Å². The number of hydrogen-bond acceptors (Lipinski definition) is 2. The van der Waals surface area contributed by atoms with Gasteiger partial charge < -0.3 is 10.1 Å². The first-order valence-electron chi connectivity index (χ1n) is 7.07. The van der Waals surface area contributed by atoms with Gasteiger partial charge in [0.15, 0.2) is 0 Å². The summed E-state index contributed by atoms with van der Waals surface area (Å²) in [6, 6.07) is 6.98. The number of nitrogens with one attached hydrogen (secondary N) is 1. The van der Waals surface area contributed by atoms with Crippen LogP contribution in [0.5, 0.6) is 0 Å². The third-order valence-electron chi connectivity index (χ3n) is 3.31. The highest BCUT2D eigenvalue weighted by molar-refractivity contribution is 5.31. The SMILES string of the molecule is CCCCOCC(NCC)c1ccc(C)c(C)c1. The molecule has 1 unspecified atom stereocenters. The summed E-state index contributed by atoms with van der Waals surface area (Å²) in [6.07, 6.45) is 2.33. The van der Waals surface area contributed by atoms with Gasteiger partial charge in [0, 0.05) is 6.61 Å². The van der Waals surface area contributed by atoms with E-state index in [9.17, 15) is 0 Å². The lowest BCUT2D eigenvalue weighted by atomic mass is 10.0. The quantitative estimate of drug-likeness (QED) is 0.708. The zero-order valence-electron chi connectivity index (χ0n) is 12.3. The van der Waals surface area contributed by atoms with Crippen LogP contribution >= 0.6 is 0 Å². The van der Waals surface area contributed by atoms with E-state index in [1.807, 2.05) is 0 Å². The Kier molecular flexibility index (Phi) is 6.99. The molecule has 0 aliphatic heterocycles. The van der Waals surface area contributed by atoms with Gasteiger partial charge >= 0.3 is 0 Å². The number of likely N-dealkylation sites (N-methyl/N-ethyl adjacent to an activating group) is 1. The van der Waals surface area contributed by atoms with Crippen molar-refractivity contribution < 1.29 is 4.74 Å². The predicted molar refractivity (Wildman–Crippen MR) is 78.1 cm³/mol. The number of aryl methyl sites for hydroxylation is 2. The first-order valence-corrected chi connectivity index (χ1v) is 7.07. The highest BCUT2D eigenvalue weighted by Crippen LogP contribution is 2.17. The standard InChI is InChI=1S/C16H27NO/c1-5-7-10-18-12-16(17-6-2)15-9-8-13(3)14(4)11-15/h8-9,11,16-17H,5-7,10,12H2,1-4H3. The Morgan fingerprint density at radius 1 is 1.17 bits per heavy atom. The molecular weight excluding hydrogens is 222 g/mol. The van der Waals surface area contributed by atoms with Gasteiger partial charge in [-0.05, 0) is 43.5 Å². The van der Waals surface area contributed by atoms with Crippen molar-refractivity contribution in [1.82, 2.24) is 5.32 Å². The topological polar surface area (TPSA) is 21.3 Å². The molecule has 0 aromatic heterocycles. The van der Waals surface area contributed by atoms with E-state index < -0.39 is 0 Å². The van der Waals surface area contributed by atoms with Gasteiger partial charge in [-0.25, -0.2) is 0 Å². The van der Waals surface area contributed by atoms with E-state index in [4.69, 9.17) is 4.74 Å². The molecule has 1 aromatic carbocycles. The maximum atomic E-state index is 5.75. The lowest BCUT2D eigenvalue weighted by molar-refractivity contribution is 0.109. The molecule has 0 saturated heterocycles. The predicted octanol–water partition coefficient (Wildman–Crippen LogP) is 3.77. The maximum Gasteiger partial charge on any atom is 0.0661 e. The largest absolute Gasteiger partial charge is 0.379 e. The van der Waals surface area contributed by atoms with Gasteiger partial charge in [-0.2, -0.15) is 0 Å². The molecule has 1 N–H and O–H groups in total. The molecule has 0 bridgehead atoms. The number of hydrogen-bond donors (Lipinski definition) is 1. The van der Waals surface area contributed by atoms with Crippen LogP contribution in [0, 0.1) is 13.8 Å². The van der Waals surface area contributed by atoms with Gasteiger partial charge in [-0.1, -0.05) is 38.5 Å². The molecule has 1 aromatic rings. The van der Waals surface area contributed by atoms with E-state index in [2.05, 4.69) is 51.2 Å². The summed E-state index contributed by atoms with van der Waals surface area (Å²) in [4.78, 5) is 0. The Morgan fingerprint density at radius 2 is 1.94 bits per heavy atom. The van der Waals surface area contributed by atoms with E-state index in [-0.39, 0.29) is 0 Å². The highest BCUT2D eigenvalue weighted by Gasteiger charge is 2.10. The molecule has 1 atom stereocenters. The molecule has 0 fully saturated rings. The van der Waals surface area contributed by atoms with Gasteiger partial charge in [0.1, 0.15) is 0 Å². The van der Waals surface area contributed by atoms with Crippen LogP contribution in [0.15, 0.2) is 18.2 Å². The summed E-state index contributed by atoms with van der Waals surface area (Å²) in [5.74, 6) is 0. The van der Waals surface area contributed by atoms with Crippen molar-refractivity contribution in [3.63, 3.8) is 0 Å².